The van der Waals surface area contributed by atoms with Crippen LogP contribution in [0.3, 0.4) is 0 Å². The van der Waals surface area contributed by atoms with Gasteiger partial charge in [0.25, 0.3) is 11.1 Å². The quantitative estimate of drug-likeness (QED) is 0.520. The highest BCUT2D eigenvalue weighted by Crippen LogP contribution is 2.37. The molecule has 2 rings (SSSR count). The lowest BCUT2D eigenvalue weighted by Crippen LogP contribution is -2.33. The molecule has 0 aliphatic carbocycles. The number of rotatable bonds is 5. The van der Waals surface area contributed by atoms with Crippen LogP contribution in [0.4, 0.5) is 4.79 Å². The number of imide groups is 1. The van der Waals surface area contributed by atoms with Gasteiger partial charge in [0.1, 0.15) is 18.9 Å². The fraction of sp³-hybridized carbons (Fsp3) is 0.133. The summed E-state index contributed by atoms with van der Waals surface area (Å²) in [6.07, 6.45) is 6.66. The van der Waals surface area contributed by atoms with Crippen molar-refractivity contribution in [3.8, 4) is 18.1 Å². The number of ether oxygens (including phenoxy) is 1. The number of nitrogens with zero attached hydrogens (tertiary/aromatic N) is 1. The standard InChI is InChI=1S/C15H9Br2NO5S/c1-2-3-23-13-9(16)4-8(5-10(13)17)6-11-14(21)18(7-12(19)20)15(22)24-11/h1,4-6H,3,7H2,(H,19,20)/b11-6+. The molecular weight excluding hydrogens is 466 g/mol. The van der Waals surface area contributed by atoms with E-state index in [1.807, 2.05) is 0 Å². The number of benzene rings is 1. The molecule has 1 N–H and O–H groups in total. The first kappa shape index (κ1) is 18.6. The predicted octanol–water partition coefficient (Wildman–Crippen LogP) is 3.34. The maximum absolute atomic E-state index is 12.1. The summed E-state index contributed by atoms with van der Waals surface area (Å²) in [5, 5.41) is 8.13. The zero-order valence-corrected chi connectivity index (χ0v) is 15.9. The average Bonchev–Trinajstić information content (AvgIpc) is 2.74. The second kappa shape index (κ2) is 7.88. The van der Waals surface area contributed by atoms with E-state index in [2.05, 4.69) is 37.8 Å². The highest BCUT2D eigenvalue weighted by Gasteiger charge is 2.36. The lowest BCUT2D eigenvalue weighted by atomic mass is 10.2. The van der Waals surface area contributed by atoms with Gasteiger partial charge >= 0.3 is 5.97 Å². The van der Waals surface area contributed by atoms with E-state index in [9.17, 15) is 14.4 Å². The van der Waals surface area contributed by atoms with Crippen molar-refractivity contribution < 1.29 is 24.2 Å². The second-order valence-electron chi connectivity index (χ2n) is 4.47. The van der Waals surface area contributed by atoms with Crippen LogP contribution >= 0.6 is 43.6 Å². The van der Waals surface area contributed by atoms with Crippen LogP contribution in [0.15, 0.2) is 26.0 Å². The number of hydrogen-bond donors (Lipinski definition) is 1. The van der Waals surface area contributed by atoms with E-state index < -0.39 is 23.7 Å². The normalized spacial score (nSPS) is 15.7. The molecule has 1 aliphatic rings. The number of aliphatic carboxylic acids is 1. The number of carbonyl (C=O) groups excluding carboxylic acids is 2. The lowest BCUT2D eigenvalue weighted by Gasteiger charge is -2.09. The number of carboxylic acids is 1. The first-order valence-corrected chi connectivity index (χ1v) is 8.76. The zero-order chi connectivity index (χ0) is 17.9. The Morgan fingerprint density at radius 2 is 2.00 bits per heavy atom. The third-order valence-corrected chi connectivity index (χ3v) is 4.87. The van der Waals surface area contributed by atoms with Gasteiger partial charge in [0.05, 0.1) is 13.9 Å². The van der Waals surface area contributed by atoms with Crippen LogP contribution in [0.1, 0.15) is 5.56 Å². The Morgan fingerprint density at radius 3 is 2.54 bits per heavy atom. The molecule has 1 fully saturated rings. The molecule has 0 radical (unpaired) electrons. The van der Waals surface area contributed by atoms with Crippen molar-refractivity contribution in [3.05, 3.63) is 31.5 Å². The van der Waals surface area contributed by atoms with Crippen LogP contribution in [0, 0.1) is 12.3 Å². The number of amides is 2. The van der Waals surface area contributed by atoms with Gasteiger partial charge in [-0.05, 0) is 67.4 Å². The minimum absolute atomic E-state index is 0.102. The molecule has 0 spiro atoms. The van der Waals surface area contributed by atoms with Gasteiger partial charge in [-0.15, -0.1) is 6.42 Å². The molecule has 6 nitrogen and oxygen atoms in total. The van der Waals surface area contributed by atoms with E-state index in [0.29, 0.717) is 36.9 Å². The van der Waals surface area contributed by atoms with Crippen molar-refractivity contribution in [2.45, 2.75) is 0 Å². The molecule has 0 saturated carbocycles. The van der Waals surface area contributed by atoms with Crippen LogP contribution in [0.25, 0.3) is 6.08 Å². The third-order valence-electron chi connectivity index (χ3n) is 2.79. The predicted molar refractivity (Wildman–Crippen MR) is 96.5 cm³/mol. The minimum Gasteiger partial charge on any atom is -0.480 e. The van der Waals surface area contributed by atoms with E-state index in [0.717, 1.165) is 0 Å². The van der Waals surface area contributed by atoms with Crippen molar-refractivity contribution in [3.63, 3.8) is 0 Å². The van der Waals surface area contributed by atoms with Crippen molar-refractivity contribution >= 4 is 66.8 Å². The van der Waals surface area contributed by atoms with Crippen LogP contribution in [0.5, 0.6) is 5.75 Å². The molecule has 2 amide bonds. The fourth-order valence-electron chi connectivity index (χ4n) is 1.84. The van der Waals surface area contributed by atoms with Gasteiger partial charge < -0.3 is 9.84 Å². The molecule has 24 heavy (non-hydrogen) atoms. The maximum Gasteiger partial charge on any atom is 0.323 e. The summed E-state index contributed by atoms with van der Waals surface area (Å²) in [6.45, 7) is -0.557. The third kappa shape index (κ3) is 4.20. The molecule has 1 aliphatic heterocycles. The van der Waals surface area contributed by atoms with Crippen LogP contribution in [0.2, 0.25) is 0 Å². The van der Waals surface area contributed by atoms with Crippen molar-refractivity contribution in [2.75, 3.05) is 13.2 Å². The molecule has 1 heterocycles. The van der Waals surface area contributed by atoms with Gasteiger partial charge in [-0.2, -0.15) is 0 Å². The SMILES string of the molecule is C#CCOc1c(Br)cc(/C=C2/SC(=O)N(CC(=O)O)C2=O)cc1Br. The molecule has 9 heteroatoms. The number of hydrogen-bond acceptors (Lipinski definition) is 5. The van der Waals surface area contributed by atoms with Crippen molar-refractivity contribution in [1.29, 1.82) is 0 Å². The number of carbonyl (C=O) groups is 3. The summed E-state index contributed by atoms with van der Waals surface area (Å²) in [6, 6.07) is 3.39. The monoisotopic (exact) mass is 473 g/mol. The molecule has 0 atom stereocenters. The smallest absolute Gasteiger partial charge is 0.323 e. The Kier molecular flexibility index (Phi) is 6.10. The zero-order valence-electron chi connectivity index (χ0n) is 11.9. The summed E-state index contributed by atoms with van der Waals surface area (Å²) >= 11 is 7.39. The van der Waals surface area contributed by atoms with Crippen LogP contribution in [-0.4, -0.2) is 40.3 Å². The summed E-state index contributed by atoms with van der Waals surface area (Å²) in [5.74, 6) is 0.995. The number of thioether (sulfide) groups is 1. The van der Waals surface area contributed by atoms with Gasteiger partial charge in [0, 0.05) is 0 Å². The average molecular weight is 475 g/mol. The van der Waals surface area contributed by atoms with Gasteiger partial charge in [-0.3, -0.25) is 19.3 Å². The largest absolute Gasteiger partial charge is 0.480 e. The first-order chi connectivity index (χ1) is 11.3. The Morgan fingerprint density at radius 1 is 1.38 bits per heavy atom. The summed E-state index contributed by atoms with van der Waals surface area (Å²) in [7, 11) is 0. The molecule has 0 bridgehead atoms. The first-order valence-electron chi connectivity index (χ1n) is 6.36. The van der Waals surface area contributed by atoms with Gasteiger partial charge in [0.15, 0.2) is 0 Å². The molecular formula is C15H9Br2NO5S. The van der Waals surface area contributed by atoms with E-state index in [4.69, 9.17) is 16.3 Å². The number of halogens is 2. The van der Waals surface area contributed by atoms with Gasteiger partial charge in [0.2, 0.25) is 0 Å². The number of carboxylic acid groups (broad SMARTS) is 1. The molecule has 0 aromatic heterocycles. The Balaban J connectivity index is 2.29. The number of terminal acetylenes is 1. The van der Waals surface area contributed by atoms with E-state index in [1.165, 1.54) is 6.08 Å². The van der Waals surface area contributed by atoms with Crippen molar-refractivity contribution in [2.24, 2.45) is 0 Å². The minimum atomic E-state index is -1.25. The molecule has 1 aromatic rings. The molecule has 0 unspecified atom stereocenters. The van der Waals surface area contributed by atoms with E-state index in [1.54, 1.807) is 12.1 Å². The Bertz CT molecular complexity index is 777. The molecule has 1 aromatic carbocycles. The fourth-order valence-corrected chi connectivity index (χ4v) is 4.13. The Hall–Kier alpha value is -1.76. The van der Waals surface area contributed by atoms with Crippen molar-refractivity contribution in [1.82, 2.24) is 4.90 Å². The molecule has 124 valence electrons. The maximum atomic E-state index is 12.1. The lowest BCUT2D eigenvalue weighted by molar-refractivity contribution is -0.140. The van der Waals surface area contributed by atoms with E-state index in [-0.39, 0.29) is 11.5 Å². The molecule has 1 saturated heterocycles. The highest BCUT2D eigenvalue weighted by atomic mass is 79.9. The second-order valence-corrected chi connectivity index (χ2v) is 7.17. The summed E-state index contributed by atoms with van der Waals surface area (Å²) in [4.78, 5) is 35.4. The van der Waals surface area contributed by atoms with Gasteiger partial charge in [-0.25, -0.2) is 0 Å². The van der Waals surface area contributed by atoms with Gasteiger partial charge in [-0.1, -0.05) is 5.92 Å². The van der Waals surface area contributed by atoms with Crippen LogP contribution in [-0.2, 0) is 9.59 Å². The highest BCUT2D eigenvalue weighted by molar-refractivity contribution is 9.11. The topological polar surface area (TPSA) is 83.9 Å². The summed E-state index contributed by atoms with van der Waals surface area (Å²) < 4.78 is 6.62. The Labute approximate surface area is 158 Å². The van der Waals surface area contributed by atoms with Crippen LogP contribution < -0.4 is 4.74 Å². The van der Waals surface area contributed by atoms with E-state index >= 15 is 0 Å². The summed E-state index contributed by atoms with van der Waals surface area (Å²) in [5.41, 5.74) is 0.627.